The summed E-state index contributed by atoms with van der Waals surface area (Å²) in [6.07, 6.45) is 7.67. The van der Waals surface area contributed by atoms with Crippen LogP contribution < -0.4 is 0 Å². The lowest BCUT2D eigenvalue weighted by atomic mass is 10.2. The van der Waals surface area contributed by atoms with Crippen LogP contribution in [-0.2, 0) is 6.42 Å². The molecule has 0 amide bonds. The molecule has 0 unspecified atom stereocenters. The fraction of sp³-hybridized carbons (Fsp3) is 0.500. The minimum Gasteiger partial charge on any atom is -0.367 e. The van der Waals surface area contributed by atoms with Crippen molar-refractivity contribution in [3.63, 3.8) is 0 Å². The number of thiol groups is 1. The number of hydrogen-bond acceptors (Lipinski definition) is 1. The zero-order chi connectivity index (χ0) is 7.23. The van der Waals surface area contributed by atoms with Crippen LogP contribution in [0.2, 0.25) is 0 Å². The monoisotopic (exact) mass is 155 g/mol. The topological polar surface area (TPSA) is 15.8 Å². The molecular formula is C8H13NS. The molecule has 0 bridgehead atoms. The normalized spacial score (nSPS) is 10.1. The zero-order valence-corrected chi connectivity index (χ0v) is 6.90. The van der Waals surface area contributed by atoms with Gasteiger partial charge in [-0.3, -0.25) is 0 Å². The minimum atomic E-state index is 1.00. The number of aryl methyl sites for hydroxylation is 1. The van der Waals surface area contributed by atoms with Crippen molar-refractivity contribution in [2.75, 3.05) is 5.75 Å². The molecule has 56 valence electrons. The van der Waals surface area contributed by atoms with E-state index in [1.165, 1.54) is 24.8 Å². The van der Waals surface area contributed by atoms with Crippen molar-refractivity contribution in [1.29, 1.82) is 0 Å². The van der Waals surface area contributed by atoms with Crippen LogP contribution in [0.1, 0.15) is 18.4 Å². The molecule has 0 aliphatic rings. The summed E-state index contributed by atoms with van der Waals surface area (Å²) in [6, 6.07) is 2.12. The van der Waals surface area contributed by atoms with E-state index in [1.54, 1.807) is 0 Å². The highest BCUT2D eigenvalue weighted by molar-refractivity contribution is 7.80. The lowest BCUT2D eigenvalue weighted by Crippen LogP contribution is -1.82. The maximum atomic E-state index is 4.14. The van der Waals surface area contributed by atoms with Crippen LogP contribution in [0.3, 0.4) is 0 Å². The Balaban J connectivity index is 2.15. The van der Waals surface area contributed by atoms with Gasteiger partial charge in [0.15, 0.2) is 0 Å². The molecule has 0 aromatic carbocycles. The second-order valence-corrected chi connectivity index (χ2v) is 2.85. The van der Waals surface area contributed by atoms with Crippen LogP contribution in [0.4, 0.5) is 0 Å². The van der Waals surface area contributed by atoms with Gasteiger partial charge in [-0.05, 0) is 36.6 Å². The molecule has 0 aliphatic heterocycles. The predicted molar refractivity (Wildman–Crippen MR) is 47.6 cm³/mol. The molecule has 0 radical (unpaired) electrons. The van der Waals surface area contributed by atoms with Crippen molar-refractivity contribution in [3.8, 4) is 0 Å². The van der Waals surface area contributed by atoms with E-state index in [1.807, 2.05) is 6.20 Å². The highest BCUT2D eigenvalue weighted by atomic mass is 32.1. The highest BCUT2D eigenvalue weighted by Crippen LogP contribution is 2.03. The van der Waals surface area contributed by atoms with E-state index >= 15 is 0 Å². The summed E-state index contributed by atoms with van der Waals surface area (Å²) in [4.78, 5) is 3.04. The molecule has 10 heavy (non-hydrogen) atoms. The molecule has 1 N–H and O–H groups in total. The van der Waals surface area contributed by atoms with Crippen molar-refractivity contribution in [2.45, 2.75) is 19.3 Å². The van der Waals surface area contributed by atoms with E-state index in [9.17, 15) is 0 Å². The average Bonchev–Trinajstić information content (AvgIpc) is 2.41. The summed E-state index contributed by atoms with van der Waals surface area (Å²) in [7, 11) is 0. The average molecular weight is 155 g/mol. The van der Waals surface area contributed by atoms with E-state index in [2.05, 4.69) is 29.9 Å². The number of unbranched alkanes of at least 4 members (excludes halogenated alkanes) is 1. The summed E-state index contributed by atoms with van der Waals surface area (Å²) >= 11 is 4.14. The van der Waals surface area contributed by atoms with Crippen molar-refractivity contribution in [1.82, 2.24) is 4.98 Å². The standard InChI is InChI=1S/C8H13NS/c10-6-2-1-3-8-4-5-9-7-8/h4-5,7,9-10H,1-3,6H2. The number of aromatic nitrogens is 1. The predicted octanol–water partition coefficient (Wildman–Crippen LogP) is 2.27. The van der Waals surface area contributed by atoms with Gasteiger partial charge in [0.05, 0.1) is 0 Å². The quantitative estimate of drug-likeness (QED) is 0.490. The lowest BCUT2D eigenvalue weighted by Gasteiger charge is -1.93. The van der Waals surface area contributed by atoms with E-state index < -0.39 is 0 Å². The third-order valence-corrected chi connectivity index (χ3v) is 1.85. The molecule has 1 nitrogen and oxygen atoms in total. The third-order valence-electron chi connectivity index (χ3n) is 1.54. The van der Waals surface area contributed by atoms with Crippen LogP contribution in [0.15, 0.2) is 18.5 Å². The summed E-state index contributed by atoms with van der Waals surface area (Å²) in [5, 5.41) is 0. The van der Waals surface area contributed by atoms with Crippen LogP contribution in [0, 0.1) is 0 Å². The van der Waals surface area contributed by atoms with Gasteiger partial charge in [0.25, 0.3) is 0 Å². The smallest absolute Gasteiger partial charge is 0.00373 e. The van der Waals surface area contributed by atoms with Gasteiger partial charge in [-0.2, -0.15) is 12.6 Å². The first-order valence-corrected chi connectivity index (χ1v) is 4.29. The molecule has 0 atom stereocenters. The lowest BCUT2D eigenvalue weighted by molar-refractivity contribution is 0.805. The number of hydrogen-bond donors (Lipinski definition) is 2. The number of H-pyrrole nitrogens is 1. The number of nitrogens with one attached hydrogen (secondary N) is 1. The molecule has 1 heterocycles. The van der Waals surface area contributed by atoms with E-state index in [4.69, 9.17) is 0 Å². The molecule has 1 rings (SSSR count). The third kappa shape index (κ3) is 2.48. The van der Waals surface area contributed by atoms with Gasteiger partial charge in [-0.25, -0.2) is 0 Å². The Hall–Kier alpha value is -0.370. The maximum Gasteiger partial charge on any atom is 0.00373 e. The van der Waals surface area contributed by atoms with Gasteiger partial charge in [0.2, 0.25) is 0 Å². The van der Waals surface area contributed by atoms with E-state index in [0.717, 1.165) is 5.75 Å². The van der Waals surface area contributed by atoms with Crippen LogP contribution >= 0.6 is 12.6 Å². The molecule has 0 aliphatic carbocycles. The van der Waals surface area contributed by atoms with Crippen LogP contribution in [0.5, 0.6) is 0 Å². The van der Waals surface area contributed by atoms with E-state index in [-0.39, 0.29) is 0 Å². The van der Waals surface area contributed by atoms with Crippen molar-refractivity contribution >= 4 is 12.6 Å². The Bertz CT molecular complexity index is 158. The maximum absolute atomic E-state index is 4.14. The Kier molecular flexibility index (Phi) is 3.44. The summed E-state index contributed by atoms with van der Waals surface area (Å²) < 4.78 is 0. The van der Waals surface area contributed by atoms with Crippen molar-refractivity contribution in [2.24, 2.45) is 0 Å². The molecule has 0 saturated heterocycles. The largest absolute Gasteiger partial charge is 0.367 e. The fourth-order valence-corrected chi connectivity index (χ4v) is 1.18. The molecule has 0 saturated carbocycles. The Morgan fingerprint density at radius 2 is 2.30 bits per heavy atom. The second kappa shape index (κ2) is 4.45. The molecular weight excluding hydrogens is 142 g/mol. The summed E-state index contributed by atoms with van der Waals surface area (Å²) in [6.45, 7) is 0. The van der Waals surface area contributed by atoms with E-state index in [0.29, 0.717) is 0 Å². The van der Waals surface area contributed by atoms with Gasteiger partial charge in [0.1, 0.15) is 0 Å². The van der Waals surface area contributed by atoms with Crippen LogP contribution in [-0.4, -0.2) is 10.7 Å². The molecule has 1 aromatic rings. The van der Waals surface area contributed by atoms with Gasteiger partial charge in [-0.15, -0.1) is 0 Å². The summed E-state index contributed by atoms with van der Waals surface area (Å²) in [5.74, 6) is 1.00. The molecule has 0 spiro atoms. The zero-order valence-electron chi connectivity index (χ0n) is 6.01. The SMILES string of the molecule is SCCCCc1cc[nH]c1. The second-order valence-electron chi connectivity index (χ2n) is 2.40. The van der Waals surface area contributed by atoms with Crippen molar-refractivity contribution < 1.29 is 0 Å². The fourth-order valence-electron chi connectivity index (χ4n) is 0.955. The molecule has 0 fully saturated rings. The Morgan fingerprint density at radius 1 is 1.40 bits per heavy atom. The van der Waals surface area contributed by atoms with Crippen LogP contribution in [0.25, 0.3) is 0 Å². The van der Waals surface area contributed by atoms with Gasteiger partial charge in [0, 0.05) is 12.4 Å². The van der Waals surface area contributed by atoms with Gasteiger partial charge < -0.3 is 4.98 Å². The molecule has 1 aromatic heterocycles. The first-order chi connectivity index (χ1) is 4.93. The minimum absolute atomic E-state index is 1.00. The van der Waals surface area contributed by atoms with Gasteiger partial charge >= 0.3 is 0 Å². The Labute approximate surface area is 67.3 Å². The number of aromatic amines is 1. The van der Waals surface area contributed by atoms with Crippen molar-refractivity contribution in [3.05, 3.63) is 24.0 Å². The van der Waals surface area contributed by atoms with Gasteiger partial charge in [-0.1, -0.05) is 0 Å². The summed E-state index contributed by atoms with van der Waals surface area (Å²) in [5.41, 5.74) is 1.40. The first-order valence-electron chi connectivity index (χ1n) is 3.66. The first kappa shape index (κ1) is 7.73. The molecule has 2 heteroatoms. The highest BCUT2D eigenvalue weighted by Gasteiger charge is 1.90. The Morgan fingerprint density at radius 3 is 2.90 bits per heavy atom. The number of rotatable bonds is 4.